The molecule has 0 aliphatic carbocycles. The van der Waals surface area contributed by atoms with Crippen LogP contribution in [0.15, 0.2) is 34.9 Å². The van der Waals surface area contributed by atoms with Gasteiger partial charge in [-0.3, -0.25) is 4.79 Å². The van der Waals surface area contributed by atoms with Crippen molar-refractivity contribution < 1.29 is 17.7 Å². The average molecular weight is 292 g/mol. The molecule has 0 atom stereocenters. The number of fused-ring (bicyclic) bond motifs is 1. The molecule has 0 spiro atoms. The van der Waals surface area contributed by atoms with Crippen molar-refractivity contribution in [2.75, 3.05) is 0 Å². The van der Waals surface area contributed by atoms with E-state index in [9.17, 15) is 13.2 Å². The summed E-state index contributed by atoms with van der Waals surface area (Å²) in [5.74, 6) is -0.359. The highest BCUT2D eigenvalue weighted by Crippen LogP contribution is 2.26. The van der Waals surface area contributed by atoms with E-state index in [1.807, 2.05) is 0 Å². The summed E-state index contributed by atoms with van der Waals surface area (Å²) in [6, 6.07) is 8.33. The number of rotatable bonds is 2. The molecule has 0 fully saturated rings. The zero-order valence-electron chi connectivity index (χ0n) is 10.7. The van der Waals surface area contributed by atoms with E-state index in [0.29, 0.717) is 22.6 Å². The Bertz CT molecular complexity index is 779. The van der Waals surface area contributed by atoms with E-state index in [1.165, 1.54) is 0 Å². The van der Waals surface area contributed by atoms with Crippen LogP contribution < -0.4 is 0 Å². The molecule has 1 aromatic heterocycles. The summed E-state index contributed by atoms with van der Waals surface area (Å²) in [6.45, 7) is 1.60. The molecule has 1 aliphatic heterocycles. The molecule has 0 N–H and O–H groups in total. The Morgan fingerprint density at radius 3 is 2.80 bits per heavy atom. The summed E-state index contributed by atoms with van der Waals surface area (Å²) in [6.07, 6.45) is 0. The maximum Gasteiger partial charge on any atom is 0.268 e. The zero-order valence-corrected chi connectivity index (χ0v) is 11.6. The molecule has 7 heteroatoms. The monoisotopic (exact) mass is 292 g/mol. The van der Waals surface area contributed by atoms with Crippen LogP contribution in [0.4, 0.5) is 0 Å². The molecule has 1 aromatic carbocycles. The molecule has 0 saturated heterocycles. The number of aryl methyl sites for hydroxylation is 1. The van der Waals surface area contributed by atoms with Crippen LogP contribution in [0.25, 0.3) is 0 Å². The second-order valence-electron chi connectivity index (χ2n) is 4.66. The molecular formula is C13H12N2O4S. The Morgan fingerprint density at radius 2 is 2.10 bits per heavy atom. The molecule has 0 unspecified atom stereocenters. The van der Waals surface area contributed by atoms with Gasteiger partial charge in [0, 0.05) is 11.6 Å². The summed E-state index contributed by atoms with van der Waals surface area (Å²) in [7, 11) is -3.68. The SMILES string of the molecule is Cc1cc(CN2C(=O)c3ccccc3CS2(=O)=O)on1. The van der Waals surface area contributed by atoms with Crippen LogP contribution >= 0.6 is 0 Å². The molecule has 0 bridgehead atoms. The van der Waals surface area contributed by atoms with Gasteiger partial charge in [-0.05, 0) is 18.6 Å². The standard InChI is InChI=1S/C13H12N2O4S/c1-9-6-11(19-14-9)7-15-13(16)12-5-3-2-4-10(12)8-20(15,17)18/h2-6H,7-8H2,1H3. The number of sulfonamides is 1. The van der Waals surface area contributed by atoms with Gasteiger partial charge in [0.25, 0.3) is 5.91 Å². The maximum absolute atomic E-state index is 12.3. The average Bonchev–Trinajstić information content (AvgIpc) is 2.80. The van der Waals surface area contributed by atoms with Crippen molar-refractivity contribution in [3.63, 3.8) is 0 Å². The molecule has 3 rings (SSSR count). The summed E-state index contributed by atoms with van der Waals surface area (Å²) in [5, 5.41) is 3.69. The van der Waals surface area contributed by atoms with Crippen molar-refractivity contribution in [3.05, 3.63) is 52.9 Å². The molecule has 2 aromatic rings. The van der Waals surface area contributed by atoms with E-state index < -0.39 is 15.9 Å². The predicted molar refractivity (Wildman–Crippen MR) is 70.2 cm³/mol. The quantitative estimate of drug-likeness (QED) is 0.837. The van der Waals surface area contributed by atoms with Gasteiger partial charge in [0.2, 0.25) is 10.0 Å². The van der Waals surface area contributed by atoms with Crippen molar-refractivity contribution in [1.29, 1.82) is 0 Å². The minimum atomic E-state index is -3.68. The smallest absolute Gasteiger partial charge is 0.268 e. The Hall–Kier alpha value is -2.15. The number of hydrogen-bond acceptors (Lipinski definition) is 5. The first kappa shape index (κ1) is 12.9. The van der Waals surface area contributed by atoms with Gasteiger partial charge < -0.3 is 4.52 Å². The zero-order chi connectivity index (χ0) is 14.3. The fourth-order valence-electron chi connectivity index (χ4n) is 2.19. The van der Waals surface area contributed by atoms with E-state index >= 15 is 0 Å². The van der Waals surface area contributed by atoms with E-state index in [0.717, 1.165) is 4.31 Å². The van der Waals surface area contributed by atoms with Crippen LogP contribution in [0.5, 0.6) is 0 Å². The highest BCUT2D eigenvalue weighted by molar-refractivity contribution is 7.89. The van der Waals surface area contributed by atoms with Gasteiger partial charge in [-0.15, -0.1) is 0 Å². The van der Waals surface area contributed by atoms with Gasteiger partial charge >= 0.3 is 0 Å². The van der Waals surface area contributed by atoms with Crippen molar-refractivity contribution in [2.24, 2.45) is 0 Å². The molecule has 104 valence electrons. The first-order valence-corrected chi connectivity index (χ1v) is 7.63. The normalized spacial score (nSPS) is 17.1. The lowest BCUT2D eigenvalue weighted by Crippen LogP contribution is -2.41. The highest BCUT2D eigenvalue weighted by Gasteiger charge is 2.36. The molecule has 2 heterocycles. The van der Waals surface area contributed by atoms with Gasteiger partial charge in [0.15, 0.2) is 5.76 Å². The first-order chi connectivity index (χ1) is 9.47. The molecule has 0 saturated carbocycles. The Balaban J connectivity index is 2.00. The van der Waals surface area contributed by atoms with Crippen LogP contribution in [0.3, 0.4) is 0 Å². The molecular weight excluding hydrogens is 280 g/mol. The van der Waals surface area contributed by atoms with Gasteiger partial charge in [-0.1, -0.05) is 23.4 Å². The Kier molecular flexibility index (Phi) is 2.86. The van der Waals surface area contributed by atoms with Crippen molar-refractivity contribution in [3.8, 4) is 0 Å². The third-order valence-corrected chi connectivity index (χ3v) is 4.77. The van der Waals surface area contributed by atoms with E-state index in [2.05, 4.69) is 5.16 Å². The maximum atomic E-state index is 12.3. The van der Waals surface area contributed by atoms with E-state index in [1.54, 1.807) is 37.3 Å². The lowest BCUT2D eigenvalue weighted by atomic mass is 10.1. The number of benzene rings is 1. The minimum absolute atomic E-state index is 0.129. The van der Waals surface area contributed by atoms with Crippen molar-refractivity contribution in [1.82, 2.24) is 9.46 Å². The van der Waals surface area contributed by atoms with E-state index in [4.69, 9.17) is 4.52 Å². The third-order valence-electron chi connectivity index (χ3n) is 3.12. The number of nitrogens with zero attached hydrogens (tertiary/aromatic N) is 2. The minimum Gasteiger partial charge on any atom is -0.359 e. The van der Waals surface area contributed by atoms with Crippen molar-refractivity contribution >= 4 is 15.9 Å². The lowest BCUT2D eigenvalue weighted by molar-refractivity contribution is 0.0840. The van der Waals surface area contributed by atoms with Crippen LogP contribution in [0.2, 0.25) is 0 Å². The second-order valence-corrected chi connectivity index (χ2v) is 6.55. The summed E-state index contributed by atoms with van der Waals surface area (Å²) in [5.41, 5.74) is 1.59. The summed E-state index contributed by atoms with van der Waals surface area (Å²) < 4.78 is 30.2. The van der Waals surface area contributed by atoms with E-state index in [-0.39, 0.29) is 12.3 Å². The predicted octanol–water partition coefficient (Wildman–Crippen LogP) is 1.47. The summed E-state index contributed by atoms with van der Waals surface area (Å²) >= 11 is 0. The number of aromatic nitrogens is 1. The Labute approximate surface area is 116 Å². The van der Waals surface area contributed by atoms with Gasteiger partial charge in [0.05, 0.1) is 18.0 Å². The topological polar surface area (TPSA) is 80.5 Å². The van der Waals surface area contributed by atoms with Gasteiger partial charge in [0.1, 0.15) is 0 Å². The number of carbonyl (C=O) groups excluding carboxylic acids is 1. The van der Waals surface area contributed by atoms with Gasteiger partial charge in [-0.2, -0.15) is 0 Å². The van der Waals surface area contributed by atoms with Crippen LogP contribution in [-0.2, 0) is 22.3 Å². The Morgan fingerprint density at radius 1 is 1.35 bits per heavy atom. The largest absolute Gasteiger partial charge is 0.359 e. The fraction of sp³-hybridized carbons (Fsp3) is 0.231. The second kappa shape index (κ2) is 4.45. The molecule has 20 heavy (non-hydrogen) atoms. The number of amides is 1. The lowest BCUT2D eigenvalue weighted by Gasteiger charge is -2.27. The summed E-state index contributed by atoms with van der Waals surface area (Å²) in [4.78, 5) is 12.3. The van der Waals surface area contributed by atoms with Crippen LogP contribution in [0.1, 0.15) is 27.4 Å². The fourth-order valence-corrected chi connectivity index (χ4v) is 3.67. The molecule has 6 nitrogen and oxygen atoms in total. The highest BCUT2D eigenvalue weighted by atomic mass is 32.2. The molecule has 1 amide bonds. The first-order valence-electron chi connectivity index (χ1n) is 6.02. The van der Waals surface area contributed by atoms with Crippen LogP contribution in [-0.4, -0.2) is 23.8 Å². The van der Waals surface area contributed by atoms with Crippen molar-refractivity contribution in [2.45, 2.75) is 19.2 Å². The number of carbonyl (C=O) groups is 1. The van der Waals surface area contributed by atoms with Gasteiger partial charge in [-0.25, -0.2) is 12.7 Å². The molecule has 1 aliphatic rings. The molecule has 0 radical (unpaired) electrons. The third kappa shape index (κ3) is 2.09. The number of hydrogen-bond donors (Lipinski definition) is 0. The van der Waals surface area contributed by atoms with Crippen LogP contribution in [0, 0.1) is 6.92 Å².